The molecule has 0 bridgehead atoms. The standard InChI is InChI=1S/C7H15N.C5H10O2.CH4/c1-6-2-4-7(8)5-3-6;1-5(2,3)4(6)7;/h6-7H,2-5,8H2,1H3;1-3H3,(H,6,7);1H4. The third kappa shape index (κ3) is 8.72. The third-order valence-corrected chi connectivity index (χ3v) is 2.70. The number of aliphatic carboxylic acids is 1. The smallest absolute Gasteiger partial charge is 0.308 e. The maximum Gasteiger partial charge on any atom is 0.308 e. The molecule has 3 heteroatoms. The van der Waals surface area contributed by atoms with Crippen LogP contribution in [0.2, 0.25) is 0 Å². The van der Waals surface area contributed by atoms with Crippen LogP contribution in [-0.2, 0) is 4.79 Å². The predicted molar refractivity (Wildman–Crippen MR) is 69.4 cm³/mol. The quantitative estimate of drug-likeness (QED) is 0.672. The SMILES string of the molecule is C.CC(C)(C)C(=O)O.CC1CCC(N)CC1. The maximum absolute atomic E-state index is 10.0. The molecule has 0 heterocycles. The van der Waals surface area contributed by atoms with E-state index in [1.54, 1.807) is 20.8 Å². The highest BCUT2D eigenvalue weighted by Gasteiger charge is 2.18. The second-order valence-corrected chi connectivity index (χ2v) is 5.58. The van der Waals surface area contributed by atoms with Crippen molar-refractivity contribution in [1.29, 1.82) is 0 Å². The molecule has 0 unspecified atom stereocenters. The second kappa shape index (κ2) is 7.66. The van der Waals surface area contributed by atoms with Crippen LogP contribution in [0.3, 0.4) is 0 Å². The first-order valence-electron chi connectivity index (χ1n) is 5.72. The minimum Gasteiger partial charge on any atom is -0.481 e. The summed E-state index contributed by atoms with van der Waals surface area (Å²) in [5.41, 5.74) is 5.11. The Kier molecular flexibility index (Phi) is 8.53. The van der Waals surface area contributed by atoms with Crippen molar-refractivity contribution < 1.29 is 9.90 Å². The molecule has 1 aliphatic rings. The maximum atomic E-state index is 10.0. The van der Waals surface area contributed by atoms with Gasteiger partial charge in [0.15, 0.2) is 0 Å². The normalized spacial score (nSPS) is 24.8. The van der Waals surface area contributed by atoms with Gasteiger partial charge in [-0.25, -0.2) is 0 Å². The van der Waals surface area contributed by atoms with Gasteiger partial charge in [-0.3, -0.25) is 4.79 Å². The first-order chi connectivity index (χ1) is 6.73. The zero-order valence-electron chi connectivity index (χ0n) is 10.4. The first kappa shape index (κ1) is 17.8. The largest absolute Gasteiger partial charge is 0.481 e. The van der Waals surface area contributed by atoms with Crippen molar-refractivity contribution in [2.45, 2.75) is 66.8 Å². The Bertz CT molecular complexity index is 179. The number of hydrogen-bond donors (Lipinski definition) is 2. The van der Waals surface area contributed by atoms with E-state index in [2.05, 4.69) is 6.92 Å². The lowest BCUT2D eigenvalue weighted by atomic mass is 9.88. The number of nitrogens with two attached hydrogens (primary N) is 1. The average molecular weight is 231 g/mol. The van der Waals surface area contributed by atoms with Gasteiger partial charge < -0.3 is 10.8 Å². The molecule has 0 radical (unpaired) electrons. The fourth-order valence-electron chi connectivity index (χ4n) is 1.29. The first-order valence-corrected chi connectivity index (χ1v) is 5.72. The van der Waals surface area contributed by atoms with Gasteiger partial charge >= 0.3 is 5.97 Å². The Morgan fingerprint density at radius 1 is 1.19 bits per heavy atom. The zero-order chi connectivity index (χ0) is 12.1. The molecule has 16 heavy (non-hydrogen) atoms. The molecule has 0 aliphatic heterocycles. The van der Waals surface area contributed by atoms with Crippen LogP contribution < -0.4 is 5.73 Å². The summed E-state index contributed by atoms with van der Waals surface area (Å²) in [5, 5.41) is 8.25. The van der Waals surface area contributed by atoms with Gasteiger partial charge in [0.05, 0.1) is 5.41 Å². The van der Waals surface area contributed by atoms with Crippen LogP contribution in [0.4, 0.5) is 0 Å². The molecular weight excluding hydrogens is 202 g/mol. The van der Waals surface area contributed by atoms with E-state index in [1.165, 1.54) is 25.7 Å². The van der Waals surface area contributed by atoms with E-state index in [1.807, 2.05) is 0 Å². The summed E-state index contributed by atoms with van der Waals surface area (Å²) < 4.78 is 0. The summed E-state index contributed by atoms with van der Waals surface area (Å²) >= 11 is 0. The topological polar surface area (TPSA) is 63.3 Å². The van der Waals surface area contributed by atoms with Gasteiger partial charge in [0.25, 0.3) is 0 Å². The number of rotatable bonds is 0. The lowest BCUT2D eigenvalue weighted by molar-refractivity contribution is -0.145. The molecule has 0 aromatic carbocycles. The third-order valence-electron chi connectivity index (χ3n) is 2.70. The van der Waals surface area contributed by atoms with Crippen LogP contribution in [0.5, 0.6) is 0 Å². The fourth-order valence-corrected chi connectivity index (χ4v) is 1.29. The van der Waals surface area contributed by atoms with E-state index in [9.17, 15) is 4.79 Å². The van der Waals surface area contributed by atoms with Crippen molar-refractivity contribution in [3.05, 3.63) is 0 Å². The Balaban J connectivity index is 0. The summed E-state index contributed by atoms with van der Waals surface area (Å²) in [5.74, 6) is 0.183. The molecule has 0 aromatic rings. The van der Waals surface area contributed by atoms with E-state index < -0.39 is 11.4 Å². The summed E-state index contributed by atoms with van der Waals surface area (Å²) in [6.45, 7) is 7.30. The average Bonchev–Trinajstić information content (AvgIpc) is 2.09. The minimum absolute atomic E-state index is 0. The molecule has 1 aliphatic carbocycles. The van der Waals surface area contributed by atoms with Crippen molar-refractivity contribution in [2.24, 2.45) is 17.1 Å². The molecule has 3 nitrogen and oxygen atoms in total. The van der Waals surface area contributed by atoms with Crippen molar-refractivity contribution >= 4 is 5.97 Å². The monoisotopic (exact) mass is 231 g/mol. The van der Waals surface area contributed by atoms with E-state index >= 15 is 0 Å². The van der Waals surface area contributed by atoms with Crippen molar-refractivity contribution in [3.8, 4) is 0 Å². The van der Waals surface area contributed by atoms with Crippen molar-refractivity contribution in [3.63, 3.8) is 0 Å². The van der Waals surface area contributed by atoms with Gasteiger partial charge in [-0.15, -0.1) is 0 Å². The van der Waals surface area contributed by atoms with Crippen LogP contribution in [0.15, 0.2) is 0 Å². The van der Waals surface area contributed by atoms with E-state index in [4.69, 9.17) is 10.8 Å². The molecule has 0 atom stereocenters. The number of carbonyl (C=O) groups is 1. The Labute approximate surface area is 100 Å². The lowest BCUT2D eigenvalue weighted by Gasteiger charge is -2.22. The number of carboxylic acid groups (broad SMARTS) is 1. The van der Waals surface area contributed by atoms with Crippen LogP contribution in [0.1, 0.15) is 60.8 Å². The summed E-state index contributed by atoms with van der Waals surface area (Å²) in [4.78, 5) is 10.0. The van der Waals surface area contributed by atoms with Gasteiger partial charge in [0.1, 0.15) is 0 Å². The highest BCUT2D eigenvalue weighted by Crippen LogP contribution is 2.21. The number of hydrogen-bond acceptors (Lipinski definition) is 2. The van der Waals surface area contributed by atoms with Crippen LogP contribution in [0, 0.1) is 11.3 Å². The van der Waals surface area contributed by atoms with Gasteiger partial charge in [0.2, 0.25) is 0 Å². The molecule has 0 spiro atoms. The van der Waals surface area contributed by atoms with Gasteiger partial charge in [-0.2, -0.15) is 0 Å². The zero-order valence-corrected chi connectivity index (χ0v) is 10.4. The van der Waals surface area contributed by atoms with E-state index in [-0.39, 0.29) is 7.43 Å². The molecule has 0 aromatic heterocycles. The predicted octanol–water partition coefficient (Wildman–Crippen LogP) is 3.28. The van der Waals surface area contributed by atoms with Crippen molar-refractivity contribution in [1.82, 2.24) is 0 Å². The Hall–Kier alpha value is -0.570. The fraction of sp³-hybridized carbons (Fsp3) is 0.923. The highest BCUT2D eigenvalue weighted by molar-refractivity contribution is 5.72. The molecule has 1 saturated carbocycles. The van der Waals surface area contributed by atoms with Crippen LogP contribution in [-0.4, -0.2) is 17.1 Å². The highest BCUT2D eigenvalue weighted by atomic mass is 16.4. The van der Waals surface area contributed by atoms with Crippen LogP contribution in [0.25, 0.3) is 0 Å². The van der Waals surface area contributed by atoms with Gasteiger partial charge in [0, 0.05) is 6.04 Å². The van der Waals surface area contributed by atoms with E-state index in [0.717, 1.165) is 5.92 Å². The summed E-state index contributed by atoms with van der Waals surface area (Å²) in [7, 11) is 0. The summed E-state index contributed by atoms with van der Waals surface area (Å²) in [6, 6.07) is 0.520. The Morgan fingerprint density at radius 2 is 1.50 bits per heavy atom. The van der Waals surface area contributed by atoms with E-state index in [0.29, 0.717) is 6.04 Å². The molecule has 3 N–H and O–H groups in total. The minimum atomic E-state index is -0.757. The Morgan fingerprint density at radius 3 is 1.69 bits per heavy atom. The van der Waals surface area contributed by atoms with Crippen LogP contribution >= 0.6 is 0 Å². The molecule has 98 valence electrons. The number of carboxylic acids is 1. The van der Waals surface area contributed by atoms with Gasteiger partial charge in [-0.05, 0) is 52.4 Å². The molecule has 1 fully saturated rings. The summed E-state index contributed by atoms with van der Waals surface area (Å²) in [6.07, 6.45) is 5.20. The molecule has 1 rings (SSSR count). The molecular formula is C13H29NO2. The second-order valence-electron chi connectivity index (χ2n) is 5.58. The van der Waals surface area contributed by atoms with Crippen molar-refractivity contribution in [2.75, 3.05) is 0 Å². The van der Waals surface area contributed by atoms with Gasteiger partial charge in [-0.1, -0.05) is 14.4 Å². The molecule has 0 saturated heterocycles. The lowest BCUT2D eigenvalue weighted by Crippen LogP contribution is -2.25. The molecule has 0 amide bonds.